The van der Waals surface area contributed by atoms with Crippen molar-refractivity contribution in [1.82, 2.24) is 0 Å². The Labute approximate surface area is 124 Å². The monoisotopic (exact) mass is 288 g/mol. The molecule has 1 atom stereocenters. The second kappa shape index (κ2) is 13.4. The minimum atomic E-state index is -0.0935. The fraction of sp³-hybridized carbons (Fsp3) is 0.938. The third-order valence-electron chi connectivity index (χ3n) is 3.07. The van der Waals surface area contributed by atoms with Crippen molar-refractivity contribution >= 4 is 5.97 Å². The number of esters is 1. The van der Waals surface area contributed by atoms with E-state index in [0.717, 1.165) is 32.3 Å². The molecule has 0 aromatic carbocycles. The lowest BCUT2D eigenvalue weighted by Crippen LogP contribution is -2.21. The van der Waals surface area contributed by atoms with Crippen molar-refractivity contribution in [2.45, 2.75) is 53.4 Å². The summed E-state index contributed by atoms with van der Waals surface area (Å²) in [7, 11) is 0. The molecule has 0 spiro atoms. The Kier molecular flexibility index (Phi) is 13.0. The van der Waals surface area contributed by atoms with Gasteiger partial charge in [-0.05, 0) is 25.2 Å². The summed E-state index contributed by atoms with van der Waals surface area (Å²) in [5.74, 6) is 0.445. The number of ether oxygens (including phenoxy) is 3. The van der Waals surface area contributed by atoms with Crippen LogP contribution in [0.2, 0.25) is 0 Å². The van der Waals surface area contributed by atoms with Gasteiger partial charge in [0.25, 0.3) is 0 Å². The molecule has 0 aromatic rings. The second-order valence-electron chi connectivity index (χ2n) is 5.48. The molecule has 4 heteroatoms. The van der Waals surface area contributed by atoms with Gasteiger partial charge in [-0.25, -0.2) is 0 Å². The Bertz CT molecular complexity index is 229. The van der Waals surface area contributed by atoms with Gasteiger partial charge in [-0.1, -0.05) is 34.1 Å². The number of hydrogen-bond acceptors (Lipinski definition) is 4. The minimum Gasteiger partial charge on any atom is -0.463 e. The molecule has 0 amide bonds. The predicted octanol–water partition coefficient (Wildman–Crippen LogP) is 3.44. The third-order valence-corrected chi connectivity index (χ3v) is 3.07. The van der Waals surface area contributed by atoms with Crippen LogP contribution < -0.4 is 0 Å². The molecule has 20 heavy (non-hydrogen) atoms. The summed E-state index contributed by atoms with van der Waals surface area (Å²) >= 11 is 0. The maximum absolute atomic E-state index is 11.8. The molecule has 0 radical (unpaired) electrons. The maximum atomic E-state index is 11.8. The summed E-state index contributed by atoms with van der Waals surface area (Å²) in [6, 6.07) is 0. The molecule has 0 aliphatic carbocycles. The molecule has 0 unspecified atom stereocenters. The average molecular weight is 288 g/mol. The quantitative estimate of drug-likeness (QED) is 0.385. The predicted molar refractivity (Wildman–Crippen MR) is 80.7 cm³/mol. The van der Waals surface area contributed by atoms with Gasteiger partial charge in [-0.15, -0.1) is 0 Å². The summed E-state index contributed by atoms with van der Waals surface area (Å²) in [5, 5.41) is 0. The Morgan fingerprint density at radius 2 is 1.55 bits per heavy atom. The van der Waals surface area contributed by atoms with Crippen LogP contribution >= 0.6 is 0 Å². The van der Waals surface area contributed by atoms with E-state index >= 15 is 0 Å². The zero-order valence-corrected chi connectivity index (χ0v) is 13.7. The van der Waals surface area contributed by atoms with Crippen molar-refractivity contribution in [2.24, 2.45) is 11.8 Å². The van der Waals surface area contributed by atoms with Crippen LogP contribution in [0.5, 0.6) is 0 Å². The number of unbranched alkanes of at least 4 members (excludes halogenated alkanes) is 1. The molecule has 0 aromatic heterocycles. The van der Waals surface area contributed by atoms with Gasteiger partial charge in [0.05, 0.1) is 25.7 Å². The summed E-state index contributed by atoms with van der Waals surface area (Å²) in [5.41, 5.74) is 0. The summed E-state index contributed by atoms with van der Waals surface area (Å²) in [6.45, 7) is 11.2. The van der Waals surface area contributed by atoms with Gasteiger partial charge in [0.2, 0.25) is 0 Å². The van der Waals surface area contributed by atoms with E-state index in [1.807, 2.05) is 6.92 Å². The van der Waals surface area contributed by atoms with Gasteiger partial charge in [0, 0.05) is 6.61 Å². The van der Waals surface area contributed by atoms with Crippen LogP contribution in [0.1, 0.15) is 53.4 Å². The largest absolute Gasteiger partial charge is 0.463 e. The molecular formula is C16H32O4. The highest BCUT2D eigenvalue weighted by atomic mass is 16.6. The van der Waals surface area contributed by atoms with Crippen LogP contribution in [0, 0.1) is 11.8 Å². The molecule has 0 bridgehead atoms. The first-order valence-corrected chi connectivity index (χ1v) is 7.93. The van der Waals surface area contributed by atoms with E-state index in [1.165, 1.54) is 0 Å². The highest BCUT2D eigenvalue weighted by Crippen LogP contribution is 2.16. The first-order valence-electron chi connectivity index (χ1n) is 7.93. The third kappa shape index (κ3) is 11.2. The number of carbonyl (C=O) groups excluding carboxylic acids is 1. The Morgan fingerprint density at radius 1 is 0.950 bits per heavy atom. The van der Waals surface area contributed by atoms with Crippen LogP contribution in [-0.4, -0.2) is 39.0 Å². The fourth-order valence-corrected chi connectivity index (χ4v) is 1.89. The molecule has 0 N–H and O–H groups in total. The molecule has 0 aliphatic heterocycles. The van der Waals surface area contributed by atoms with E-state index in [0.29, 0.717) is 32.3 Å². The van der Waals surface area contributed by atoms with Gasteiger partial charge in [-0.2, -0.15) is 0 Å². The fourth-order valence-electron chi connectivity index (χ4n) is 1.89. The summed E-state index contributed by atoms with van der Waals surface area (Å²) < 4.78 is 16.0. The molecule has 0 aliphatic rings. The van der Waals surface area contributed by atoms with Gasteiger partial charge >= 0.3 is 5.97 Å². The van der Waals surface area contributed by atoms with Crippen LogP contribution in [-0.2, 0) is 19.0 Å². The average Bonchev–Trinajstić information content (AvgIpc) is 2.42. The van der Waals surface area contributed by atoms with Gasteiger partial charge < -0.3 is 14.2 Å². The second-order valence-corrected chi connectivity index (χ2v) is 5.48. The first-order chi connectivity index (χ1) is 9.61. The van der Waals surface area contributed by atoms with Gasteiger partial charge in [-0.3, -0.25) is 4.79 Å². The van der Waals surface area contributed by atoms with Crippen molar-refractivity contribution in [3.8, 4) is 0 Å². The topological polar surface area (TPSA) is 44.8 Å². The Hall–Kier alpha value is -0.610. The number of carbonyl (C=O) groups is 1. The standard InChI is InChI=1S/C16H32O4/c1-5-7-8-18-9-10-19-11-12-20-16(17)15(6-2)13-14(3)4/h14-15H,5-13H2,1-4H3/t15-/m1/s1. The number of rotatable bonds is 13. The zero-order chi connectivity index (χ0) is 15.2. The van der Waals surface area contributed by atoms with Crippen molar-refractivity contribution < 1.29 is 19.0 Å². The highest BCUT2D eigenvalue weighted by molar-refractivity contribution is 5.72. The molecule has 0 saturated carbocycles. The summed E-state index contributed by atoms with van der Waals surface area (Å²) in [6.07, 6.45) is 3.96. The molecule has 120 valence electrons. The van der Waals surface area contributed by atoms with Gasteiger partial charge in [0.15, 0.2) is 0 Å². The van der Waals surface area contributed by atoms with E-state index in [2.05, 4.69) is 20.8 Å². The zero-order valence-electron chi connectivity index (χ0n) is 13.7. The lowest BCUT2D eigenvalue weighted by Gasteiger charge is -2.16. The molecule has 0 heterocycles. The Balaban J connectivity index is 3.46. The van der Waals surface area contributed by atoms with E-state index in [1.54, 1.807) is 0 Å². The maximum Gasteiger partial charge on any atom is 0.309 e. The van der Waals surface area contributed by atoms with Gasteiger partial charge in [0.1, 0.15) is 6.61 Å². The lowest BCUT2D eigenvalue weighted by atomic mass is 9.95. The van der Waals surface area contributed by atoms with Crippen molar-refractivity contribution in [3.05, 3.63) is 0 Å². The Morgan fingerprint density at radius 3 is 2.10 bits per heavy atom. The first kappa shape index (κ1) is 19.4. The van der Waals surface area contributed by atoms with Crippen LogP contribution in [0.4, 0.5) is 0 Å². The van der Waals surface area contributed by atoms with Crippen LogP contribution in [0.25, 0.3) is 0 Å². The van der Waals surface area contributed by atoms with E-state index in [9.17, 15) is 4.79 Å². The summed E-state index contributed by atoms with van der Waals surface area (Å²) in [4.78, 5) is 11.8. The highest BCUT2D eigenvalue weighted by Gasteiger charge is 2.18. The van der Waals surface area contributed by atoms with Crippen molar-refractivity contribution in [3.63, 3.8) is 0 Å². The molecule has 4 nitrogen and oxygen atoms in total. The molecule has 0 saturated heterocycles. The molecule has 0 rings (SSSR count). The van der Waals surface area contributed by atoms with E-state index in [-0.39, 0.29) is 11.9 Å². The normalized spacial score (nSPS) is 12.7. The van der Waals surface area contributed by atoms with E-state index in [4.69, 9.17) is 14.2 Å². The smallest absolute Gasteiger partial charge is 0.309 e. The molecule has 0 fully saturated rings. The van der Waals surface area contributed by atoms with Crippen LogP contribution in [0.15, 0.2) is 0 Å². The van der Waals surface area contributed by atoms with Crippen molar-refractivity contribution in [2.75, 3.05) is 33.0 Å². The minimum absolute atomic E-state index is 0.0207. The molecular weight excluding hydrogens is 256 g/mol. The lowest BCUT2D eigenvalue weighted by molar-refractivity contribution is -0.151. The number of hydrogen-bond donors (Lipinski definition) is 0. The van der Waals surface area contributed by atoms with E-state index < -0.39 is 0 Å². The van der Waals surface area contributed by atoms with Crippen molar-refractivity contribution in [1.29, 1.82) is 0 Å². The van der Waals surface area contributed by atoms with Crippen LogP contribution in [0.3, 0.4) is 0 Å². The SMILES string of the molecule is CCCCOCCOCCOC(=O)[C@H](CC)CC(C)C.